The van der Waals surface area contributed by atoms with Crippen LogP contribution in [0.2, 0.25) is 0 Å². The molecule has 0 aliphatic rings. The lowest BCUT2D eigenvalue weighted by molar-refractivity contribution is 0.339. The van der Waals surface area contributed by atoms with Gasteiger partial charge in [0.15, 0.2) is 0 Å². The summed E-state index contributed by atoms with van der Waals surface area (Å²) in [4.78, 5) is 0. The highest BCUT2D eigenvalue weighted by Gasteiger charge is 2.10. The topological polar surface area (TPSA) is 35.2 Å². The fourth-order valence-electron chi connectivity index (χ4n) is 2.24. The van der Waals surface area contributed by atoms with Crippen molar-refractivity contribution >= 4 is 0 Å². The second kappa shape index (κ2) is 6.53. The normalized spacial score (nSPS) is 12.2. The molecule has 0 fully saturated rings. The Kier molecular flexibility index (Phi) is 4.74. The van der Waals surface area contributed by atoms with Crippen LogP contribution >= 0.6 is 0 Å². The van der Waals surface area contributed by atoms with Crippen LogP contribution in [-0.4, -0.2) is 6.61 Å². The van der Waals surface area contributed by atoms with Gasteiger partial charge in [-0.25, -0.2) is 4.39 Å². The maximum Gasteiger partial charge on any atom is 0.123 e. The average Bonchev–Trinajstić information content (AvgIpc) is 2.42. The Labute approximate surface area is 119 Å². The zero-order valence-electron chi connectivity index (χ0n) is 11.9. The van der Waals surface area contributed by atoms with Gasteiger partial charge in [0.05, 0.1) is 6.61 Å². The van der Waals surface area contributed by atoms with Gasteiger partial charge in [-0.15, -0.1) is 0 Å². The van der Waals surface area contributed by atoms with Crippen molar-refractivity contribution in [3.63, 3.8) is 0 Å². The standard InChI is InChI=1S/C17H20FNO/c1-3-20-16-6-4-5-14(10-16)17(19)11-13-7-8-15(18)9-12(13)2/h4-10,17H,3,11,19H2,1-2H3. The highest BCUT2D eigenvalue weighted by atomic mass is 19.1. The number of nitrogens with two attached hydrogens (primary N) is 1. The summed E-state index contributed by atoms with van der Waals surface area (Å²) in [7, 11) is 0. The minimum Gasteiger partial charge on any atom is -0.494 e. The van der Waals surface area contributed by atoms with Crippen molar-refractivity contribution in [1.82, 2.24) is 0 Å². The van der Waals surface area contributed by atoms with E-state index in [1.807, 2.05) is 38.1 Å². The minimum absolute atomic E-state index is 0.125. The number of aryl methyl sites for hydroxylation is 1. The van der Waals surface area contributed by atoms with Crippen molar-refractivity contribution in [2.75, 3.05) is 6.61 Å². The maximum atomic E-state index is 13.1. The molecule has 1 atom stereocenters. The number of rotatable bonds is 5. The molecule has 0 aromatic heterocycles. The lowest BCUT2D eigenvalue weighted by Gasteiger charge is -2.15. The largest absolute Gasteiger partial charge is 0.494 e. The maximum absolute atomic E-state index is 13.1. The van der Waals surface area contributed by atoms with Gasteiger partial charge in [0.2, 0.25) is 0 Å². The van der Waals surface area contributed by atoms with Gasteiger partial charge in [-0.1, -0.05) is 18.2 Å². The van der Waals surface area contributed by atoms with E-state index in [0.717, 1.165) is 22.4 Å². The Morgan fingerprint density at radius 3 is 2.70 bits per heavy atom. The van der Waals surface area contributed by atoms with Crippen molar-refractivity contribution in [1.29, 1.82) is 0 Å². The molecule has 0 amide bonds. The molecule has 3 heteroatoms. The van der Waals surface area contributed by atoms with Crippen LogP contribution in [0.1, 0.15) is 29.7 Å². The van der Waals surface area contributed by atoms with Crippen molar-refractivity contribution in [3.8, 4) is 5.75 Å². The van der Waals surface area contributed by atoms with Gasteiger partial charge in [-0.2, -0.15) is 0 Å². The molecule has 0 saturated heterocycles. The lowest BCUT2D eigenvalue weighted by Crippen LogP contribution is -2.14. The van der Waals surface area contributed by atoms with E-state index >= 15 is 0 Å². The number of hydrogen-bond acceptors (Lipinski definition) is 2. The first-order valence-electron chi connectivity index (χ1n) is 6.83. The Hall–Kier alpha value is -1.87. The van der Waals surface area contributed by atoms with E-state index in [2.05, 4.69) is 0 Å². The second-order valence-electron chi connectivity index (χ2n) is 4.89. The summed E-state index contributed by atoms with van der Waals surface area (Å²) in [5, 5.41) is 0. The smallest absolute Gasteiger partial charge is 0.123 e. The van der Waals surface area contributed by atoms with Gasteiger partial charge in [0.25, 0.3) is 0 Å². The Bertz CT molecular complexity index is 583. The number of halogens is 1. The molecule has 2 aromatic rings. The molecule has 20 heavy (non-hydrogen) atoms. The average molecular weight is 273 g/mol. The fraction of sp³-hybridized carbons (Fsp3) is 0.294. The van der Waals surface area contributed by atoms with Crippen LogP contribution < -0.4 is 10.5 Å². The quantitative estimate of drug-likeness (QED) is 0.900. The van der Waals surface area contributed by atoms with Crippen LogP contribution in [0, 0.1) is 12.7 Å². The minimum atomic E-state index is -0.210. The summed E-state index contributed by atoms with van der Waals surface area (Å²) in [5.41, 5.74) is 9.28. The Morgan fingerprint density at radius 2 is 2.00 bits per heavy atom. The molecule has 0 radical (unpaired) electrons. The fourth-order valence-corrected chi connectivity index (χ4v) is 2.24. The number of ether oxygens (including phenoxy) is 1. The highest BCUT2D eigenvalue weighted by molar-refractivity contribution is 5.33. The molecule has 2 aromatic carbocycles. The second-order valence-corrected chi connectivity index (χ2v) is 4.89. The van der Waals surface area contributed by atoms with E-state index in [1.54, 1.807) is 12.1 Å². The van der Waals surface area contributed by atoms with E-state index in [1.165, 1.54) is 6.07 Å². The SMILES string of the molecule is CCOc1cccc(C(N)Cc2ccc(F)cc2C)c1. The van der Waals surface area contributed by atoms with Gasteiger partial charge in [-0.05, 0) is 61.2 Å². The van der Waals surface area contributed by atoms with Gasteiger partial charge in [-0.3, -0.25) is 0 Å². The third-order valence-electron chi connectivity index (χ3n) is 3.34. The zero-order chi connectivity index (χ0) is 14.5. The number of hydrogen-bond donors (Lipinski definition) is 1. The predicted octanol–water partition coefficient (Wildman–Crippen LogP) is 3.78. The first kappa shape index (κ1) is 14.5. The Morgan fingerprint density at radius 1 is 1.20 bits per heavy atom. The summed E-state index contributed by atoms with van der Waals surface area (Å²) in [5.74, 6) is 0.620. The van der Waals surface area contributed by atoms with Crippen LogP contribution in [-0.2, 0) is 6.42 Å². The molecule has 106 valence electrons. The van der Waals surface area contributed by atoms with Gasteiger partial charge in [0, 0.05) is 6.04 Å². The van der Waals surface area contributed by atoms with E-state index < -0.39 is 0 Å². The Balaban J connectivity index is 2.15. The molecular formula is C17H20FNO. The molecule has 0 aliphatic heterocycles. The van der Waals surface area contributed by atoms with Crippen molar-refractivity contribution in [2.24, 2.45) is 5.73 Å². The first-order valence-corrected chi connectivity index (χ1v) is 6.83. The highest BCUT2D eigenvalue weighted by Crippen LogP contribution is 2.22. The zero-order valence-corrected chi connectivity index (χ0v) is 11.9. The third kappa shape index (κ3) is 3.58. The van der Waals surface area contributed by atoms with Crippen molar-refractivity contribution in [3.05, 3.63) is 65.0 Å². The first-order chi connectivity index (χ1) is 9.60. The monoisotopic (exact) mass is 273 g/mol. The lowest BCUT2D eigenvalue weighted by atomic mass is 9.96. The predicted molar refractivity (Wildman–Crippen MR) is 79.4 cm³/mol. The van der Waals surface area contributed by atoms with Crippen molar-refractivity contribution in [2.45, 2.75) is 26.3 Å². The van der Waals surface area contributed by atoms with Crippen LogP contribution in [0.3, 0.4) is 0 Å². The van der Waals surface area contributed by atoms with E-state index in [9.17, 15) is 4.39 Å². The van der Waals surface area contributed by atoms with Gasteiger partial charge < -0.3 is 10.5 Å². The van der Waals surface area contributed by atoms with Crippen molar-refractivity contribution < 1.29 is 9.13 Å². The van der Waals surface area contributed by atoms with Crippen LogP contribution in [0.5, 0.6) is 5.75 Å². The summed E-state index contributed by atoms with van der Waals surface area (Å²) < 4.78 is 18.6. The molecule has 0 saturated carbocycles. The number of benzene rings is 2. The summed E-state index contributed by atoms with van der Waals surface area (Å²) in [6.07, 6.45) is 0.682. The molecule has 0 spiro atoms. The molecule has 2 rings (SSSR count). The molecular weight excluding hydrogens is 253 g/mol. The molecule has 0 heterocycles. The summed E-state index contributed by atoms with van der Waals surface area (Å²) in [6.45, 7) is 4.49. The van der Waals surface area contributed by atoms with Gasteiger partial charge in [0.1, 0.15) is 11.6 Å². The van der Waals surface area contributed by atoms with E-state index in [-0.39, 0.29) is 11.9 Å². The summed E-state index contributed by atoms with van der Waals surface area (Å²) in [6, 6.07) is 12.5. The third-order valence-corrected chi connectivity index (χ3v) is 3.34. The van der Waals surface area contributed by atoms with Crippen LogP contribution in [0.4, 0.5) is 4.39 Å². The van der Waals surface area contributed by atoms with E-state index in [0.29, 0.717) is 13.0 Å². The summed E-state index contributed by atoms with van der Waals surface area (Å²) >= 11 is 0. The molecule has 0 bridgehead atoms. The molecule has 0 aliphatic carbocycles. The molecule has 2 N–H and O–H groups in total. The van der Waals surface area contributed by atoms with Crippen LogP contribution in [0.25, 0.3) is 0 Å². The van der Waals surface area contributed by atoms with Crippen LogP contribution in [0.15, 0.2) is 42.5 Å². The molecule has 2 nitrogen and oxygen atoms in total. The van der Waals surface area contributed by atoms with E-state index in [4.69, 9.17) is 10.5 Å². The molecule has 1 unspecified atom stereocenters. The van der Waals surface area contributed by atoms with Gasteiger partial charge >= 0.3 is 0 Å².